The number of benzene rings is 1. The largest absolute Gasteiger partial charge is 0.496 e. The van der Waals surface area contributed by atoms with Crippen molar-refractivity contribution in [3.05, 3.63) is 35.5 Å². The van der Waals surface area contributed by atoms with E-state index in [-0.39, 0.29) is 11.3 Å². The zero-order valence-corrected chi connectivity index (χ0v) is 18.3. The molecule has 0 aliphatic rings. The maximum absolute atomic E-state index is 12.9. The molecule has 1 amide bonds. The number of amides is 1. The van der Waals surface area contributed by atoms with Gasteiger partial charge in [0.1, 0.15) is 17.1 Å². The first kappa shape index (κ1) is 22.8. The molecule has 2 aromatic rings. The molecule has 1 N–H and O–H groups in total. The normalized spacial score (nSPS) is 11.3. The van der Waals surface area contributed by atoms with Crippen LogP contribution >= 0.6 is 0 Å². The van der Waals surface area contributed by atoms with Gasteiger partial charge in [-0.05, 0) is 31.4 Å². The minimum atomic E-state index is -0.358. The van der Waals surface area contributed by atoms with Gasteiger partial charge in [0.05, 0.1) is 19.9 Å². The first-order chi connectivity index (χ1) is 14.0. The highest BCUT2D eigenvalue weighted by Gasteiger charge is 2.32. The topological polar surface area (TPSA) is 73.6 Å². The molecule has 0 bridgehead atoms. The van der Waals surface area contributed by atoms with Gasteiger partial charge in [-0.15, -0.1) is 0 Å². The Morgan fingerprint density at radius 2 is 1.72 bits per heavy atom. The molecule has 0 saturated carbocycles. The van der Waals surface area contributed by atoms with E-state index >= 15 is 0 Å². The second kappa shape index (κ2) is 10.9. The third kappa shape index (κ3) is 5.31. The molecule has 0 saturated heterocycles. The number of carbonyl (C=O) groups excluding carboxylic acids is 1. The van der Waals surface area contributed by atoms with E-state index in [0.717, 1.165) is 25.0 Å². The molecule has 0 aliphatic heterocycles. The van der Waals surface area contributed by atoms with Crippen LogP contribution in [0.5, 0.6) is 11.5 Å². The van der Waals surface area contributed by atoms with Gasteiger partial charge >= 0.3 is 0 Å². The van der Waals surface area contributed by atoms with Crippen LogP contribution in [0.15, 0.2) is 28.8 Å². The van der Waals surface area contributed by atoms with Crippen LogP contribution in [0.4, 0.5) is 5.88 Å². The smallest absolute Gasteiger partial charge is 0.265 e. The fourth-order valence-electron chi connectivity index (χ4n) is 3.82. The number of nitrogens with zero attached hydrogens (tertiary/aromatic N) is 1. The molecule has 0 aliphatic carbocycles. The summed E-state index contributed by atoms with van der Waals surface area (Å²) in [7, 11) is 3.04. The first-order valence-corrected chi connectivity index (χ1v) is 10.5. The summed E-state index contributed by atoms with van der Waals surface area (Å²) in [5.74, 6) is 0.851. The zero-order chi connectivity index (χ0) is 21.3. The summed E-state index contributed by atoms with van der Waals surface area (Å²) in [4.78, 5) is 12.9. The van der Waals surface area contributed by atoms with E-state index in [1.165, 1.54) is 39.9 Å². The van der Waals surface area contributed by atoms with Crippen LogP contribution in [-0.2, 0) is 5.41 Å². The predicted octanol–water partition coefficient (Wildman–Crippen LogP) is 5.97. The highest BCUT2D eigenvalue weighted by molar-refractivity contribution is 6.07. The molecule has 6 nitrogen and oxygen atoms in total. The number of methoxy groups -OCH3 is 2. The summed E-state index contributed by atoms with van der Waals surface area (Å²) in [5, 5.41) is 7.11. The van der Waals surface area contributed by atoms with E-state index < -0.39 is 0 Å². The molecule has 0 unspecified atom stereocenters. The molecule has 0 fully saturated rings. The lowest BCUT2D eigenvalue weighted by Crippen LogP contribution is -2.25. The number of carbonyl (C=O) groups is 1. The fourth-order valence-corrected chi connectivity index (χ4v) is 3.82. The van der Waals surface area contributed by atoms with E-state index in [1.54, 1.807) is 18.2 Å². The molecule has 1 aromatic carbocycles. The van der Waals surface area contributed by atoms with Crippen molar-refractivity contribution in [2.75, 3.05) is 19.5 Å². The molecule has 1 aromatic heterocycles. The van der Waals surface area contributed by atoms with Crippen molar-refractivity contribution in [2.24, 2.45) is 0 Å². The zero-order valence-electron chi connectivity index (χ0n) is 18.3. The number of aromatic nitrogens is 1. The Kier molecular flexibility index (Phi) is 8.55. The van der Waals surface area contributed by atoms with E-state index in [2.05, 4.69) is 31.2 Å². The Bertz CT molecular complexity index is 759. The molecule has 6 heteroatoms. The number of nitrogens with one attached hydrogen (secondary N) is 1. The quantitative estimate of drug-likeness (QED) is 0.443. The van der Waals surface area contributed by atoms with Crippen LogP contribution < -0.4 is 14.8 Å². The lowest BCUT2D eigenvalue weighted by Gasteiger charge is -2.29. The van der Waals surface area contributed by atoms with Gasteiger partial charge in [0.25, 0.3) is 5.91 Å². The predicted molar refractivity (Wildman–Crippen MR) is 115 cm³/mol. The summed E-state index contributed by atoms with van der Waals surface area (Å²) in [5.41, 5.74) is 1.20. The van der Waals surface area contributed by atoms with Crippen LogP contribution in [0, 0.1) is 0 Å². The summed E-state index contributed by atoms with van der Waals surface area (Å²) < 4.78 is 16.1. The Morgan fingerprint density at radius 3 is 2.28 bits per heavy atom. The van der Waals surface area contributed by atoms with Crippen molar-refractivity contribution in [3.8, 4) is 11.5 Å². The minimum absolute atomic E-state index is 0.0255. The van der Waals surface area contributed by atoms with Crippen LogP contribution in [0.2, 0.25) is 0 Å². The van der Waals surface area contributed by atoms with E-state index in [1.807, 2.05) is 6.07 Å². The highest BCUT2D eigenvalue weighted by Crippen LogP contribution is 2.37. The molecular weight excluding hydrogens is 368 g/mol. The summed E-state index contributed by atoms with van der Waals surface area (Å²) in [6, 6.07) is 7.07. The Morgan fingerprint density at radius 1 is 1.07 bits per heavy atom. The average molecular weight is 403 g/mol. The third-order valence-electron chi connectivity index (χ3n) is 5.81. The van der Waals surface area contributed by atoms with Crippen molar-refractivity contribution in [2.45, 2.75) is 71.1 Å². The van der Waals surface area contributed by atoms with Crippen molar-refractivity contribution in [1.29, 1.82) is 0 Å². The van der Waals surface area contributed by atoms with Crippen molar-refractivity contribution in [3.63, 3.8) is 0 Å². The van der Waals surface area contributed by atoms with Crippen LogP contribution in [0.3, 0.4) is 0 Å². The van der Waals surface area contributed by atoms with E-state index in [4.69, 9.17) is 14.0 Å². The monoisotopic (exact) mass is 402 g/mol. The lowest BCUT2D eigenvalue weighted by molar-refractivity contribution is 0.101. The maximum Gasteiger partial charge on any atom is 0.265 e. The van der Waals surface area contributed by atoms with Gasteiger partial charge in [0.2, 0.25) is 5.88 Å². The highest BCUT2D eigenvalue weighted by atomic mass is 16.5. The molecule has 160 valence electrons. The van der Waals surface area contributed by atoms with Crippen LogP contribution in [0.25, 0.3) is 0 Å². The standard InChI is InChI=1S/C23H34N2O4/c1-6-9-10-11-15-23(7-2,8-3)19-16-20(29-25-19)24-22(26)21-17(27-4)13-12-14-18(21)28-5/h12-14,16H,6-11,15H2,1-5H3,(H,24,26). The van der Waals surface area contributed by atoms with E-state index in [9.17, 15) is 4.79 Å². The SMILES string of the molecule is CCCCCCC(CC)(CC)c1cc(NC(=O)c2c(OC)cccc2OC)on1. The Hall–Kier alpha value is -2.50. The Labute approximate surface area is 174 Å². The number of anilines is 1. The lowest BCUT2D eigenvalue weighted by atomic mass is 9.75. The van der Waals surface area contributed by atoms with Gasteiger partial charge in [0, 0.05) is 11.5 Å². The summed E-state index contributed by atoms with van der Waals surface area (Å²) in [6.45, 7) is 6.60. The second-order valence-corrected chi connectivity index (χ2v) is 7.37. The first-order valence-electron chi connectivity index (χ1n) is 10.5. The van der Waals surface area contributed by atoms with Crippen molar-refractivity contribution >= 4 is 11.8 Å². The van der Waals surface area contributed by atoms with Gasteiger partial charge in [-0.2, -0.15) is 0 Å². The maximum atomic E-state index is 12.9. The minimum Gasteiger partial charge on any atom is -0.496 e. The molecule has 0 radical (unpaired) electrons. The van der Waals surface area contributed by atoms with Crippen molar-refractivity contribution in [1.82, 2.24) is 5.16 Å². The third-order valence-corrected chi connectivity index (χ3v) is 5.81. The number of hydrogen-bond donors (Lipinski definition) is 1. The number of hydrogen-bond acceptors (Lipinski definition) is 5. The molecule has 0 spiro atoms. The van der Waals surface area contributed by atoms with Gasteiger partial charge in [-0.3, -0.25) is 10.1 Å². The molecule has 2 rings (SSSR count). The van der Waals surface area contributed by atoms with Gasteiger partial charge in [-0.1, -0.05) is 57.7 Å². The van der Waals surface area contributed by atoms with Crippen LogP contribution in [-0.4, -0.2) is 25.3 Å². The van der Waals surface area contributed by atoms with Gasteiger partial charge < -0.3 is 14.0 Å². The number of rotatable bonds is 12. The average Bonchev–Trinajstić information content (AvgIpc) is 3.22. The van der Waals surface area contributed by atoms with Crippen molar-refractivity contribution < 1.29 is 18.8 Å². The molecule has 29 heavy (non-hydrogen) atoms. The Balaban J connectivity index is 2.20. The van der Waals surface area contributed by atoms with Crippen LogP contribution in [0.1, 0.15) is 81.8 Å². The molecule has 1 heterocycles. The molecular formula is C23H34N2O4. The summed E-state index contributed by atoms with van der Waals surface area (Å²) in [6.07, 6.45) is 7.91. The second-order valence-electron chi connectivity index (χ2n) is 7.37. The number of unbranched alkanes of at least 4 members (excludes halogenated alkanes) is 3. The molecule has 0 atom stereocenters. The van der Waals surface area contributed by atoms with Gasteiger partial charge in [-0.25, -0.2) is 0 Å². The van der Waals surface area contributed by atoms with Gasteiger partial charge in [0.15, 0.2) is 0 Å². The fraction of sp³-hybridized carbons (Fsp3) is 0.565. The number of ether oxygens (including phenoxy) is 2. The summed E-state index contributed by atoms with van der Waals surface area (Å²) >= 11 is 0. The van der Waals surface area contributed by atoms with E-state index in [0.29, 0.717) is 22.9 Å².